The smallest absolute Gasteiger partial charge is 0.310 e. The van der Waals surface area contributed by atoms with E-state index in [-0.39, 0.29) is 18.8 Å². The third-order valence-electron chi connectivity index (χ3n) is 3.50. The maximum Gasteiger partial charge on any atom is 0.310 e. The van der Waals surface area contributed by atoms with Crippen LogP contribution in [0.4, 0.5) is 0 Å². The number of rotatable bonds is 6. The first-order valence-electron chi connectivity index (χ1n) is 7.36. The molecule has 0 aliphatic carbocycles. The molecule has 0 aliphatic heterocycles. The van der Waals surface area contributed by atoms with E-state index in [1.165, 1.54) is 14.0 Å². The number of nitrogens with zero attached hydrogens (tertiary/aromatic N) is 1. The molecule has 0 N–H and O–H groups in total. The Balaban J connectivity index is 2.02. The van der Waals surface area contributed by atoms with Gasteiger partial charge < -0.3 is 9.47 Å². The number of methoxy groups -OCH3 is 1. The van der Waals surface area contributed by atoms with Crippen molar-refractivity contribution >= 4 is 11.8 Å². The zero-order valence-electron chi connectivity index (χ0n) is 13.5. The number of ether oxygens (including phenoxy) is 2. The fourth-order valence-electron chi connectivity index (χ4n) is 2.18. The summed E-state index contributed by atoms with van der Waals surface area (Å²) >= 11 is 0. The van der Waals surface area contributed by atoms with Crippen molar-refractivity contribution in [3.63, 3.8) is 0 Å². The number of hydrogen-bond acceptors (Lipinski definition) is 5. The summed E-state index contributed by atoms with van der Waals surface area (Å²) < 4.78 is 10.5. The number of nitriles is 1. The molecule has 0 aliphatic rings. The molecule has 24 heavy (non-hydrogen) atoms. The average Bonchev–Trinajstić information content (AvgIpc) is 2.60. The number of carbonyl (C=O) groups is 2. The summed E-state index contributed by atoms with van der Waals surface area (Å²) in [7, 11) is 1.51. The molecule has 0 radical (unpaired) electrons. The summed E-state index contributed by atoms with van der Waals surface area (Å²) in [6, 6.07) is 13.8. The first-order valence-corrected chi connectivity index (χ1v) is 7.36. The molecule has 0 heterocycles. The molecule has 0 saturated carbocycles. The number of Topliss-reactive ketones (excluding diaryl/α,β-unsaturated/α-hetero) is 1. The SMILES string of the molecule is COc1ccc(C(C)=O)cc1CC(=O)OCc1ccc(C#N)cc1. The minimum absolute atomic E-state index is 0.0145. The van der Waals surface area contributed by atoms with Gasteiger partial charge in [0.05, 0.1) is 25.2 Å². The quantitative estimate of drug-likeness (QED) is 0.603. The molecule has 0 fully saturated rings. The minimum atomic E-state index is -0.418. The molecule has 2 rings (SSSR count). The van der Waals surface area contributed by atoms with Gasteiger partial charge in [0.2, 0.25) is 0 Å². The summed E-state index contributed by atoms with van der Waals surface area (Å²) in [5.41, 5.74) is 2.48. The number of esters is 1. The molecule has 0 saturated heterocycles. The minimum Gasteiger partial charge on any atom is -0.496 e. The van der Waals surface area contributed by atoms with Crippen molar-refractivity contribution in [3.8, 4) is 11.8 Å². The highest BCUT2D eigenvalue weighted by molar-refractivity contribution is 5.94. The maximum atomic E-state index is 12.0. The lowest BCUT2D eigenvalue weighted by atomic mass is 10.0. The third-order valence-corrected chi connectivity index (χ3v) is 3.50. The highest BCUT2D eigenvalue weighted by atomic mass is 16.5. The third kappa shape index (κ3) is 4.43. The van der Waals surface area contributed by atoms with Gasteiger partial charge in [0.25, 0.3) is 0 Å². The Kier molecular flexibility index (Phi) is 5.69. The molecule has 0 amide bonds. The van der Waals surface area contributed by atoms with Crippen LogP contribution in [0.1, 0.15) is 34.0 Å². The molecular formula is C19H17NO4. The number of carbonyl (C=O) groups excluding carboxylic acids is 2. The van der Waals surface area contributed by atoms with Crippen LogP contribution in [0.3, 0.4) is 0 Å². The van der Waals surface area contributed by atoms with Gasteiger partial charge in [0, 0.05) is 11.1 Å². The van der Waals surface area contributed by atoms with Crippen LogP contribution in [-0.4, -0.2) is 18.9 Å². The number of benzene rings is 2. The summed E-state index contributed by atoms with van der Waals surface area (Å²) in [6.45, 7) is 1.59. The van der Waals surface area contributed by atoms with Gasteiger partial charge in [-0.05, 0) is 42.8 Å². The maximum absolute atomic E-state index is 12.0. The summed E-state index contributed by atoms with van der Waals surface area (Å²) in [5, 5.41) is 8.75. The molecule has 5 heteroatoms. The Bertz CT molecular complexity index is 788. The lowest BCUT2D eigenvalue weighted by Crippen LogP contribution is -2.09. The van der Waals surface area contributed by atoms with Crippen LogP contribution in [0.5, 0.6) is 5.75 Å². The normalized spacial score (nSPS) is 9.88. The van der Waals surface area contributed by atoms with Crippen LogP contribution in [-0.2, 0) is 22.6 Å². The van der Waals surface area contributed by atoms with Gasteiger partial charge in [-0.3, -0.25) is 9.59 Å². The van der Waals surface area contributed by atoms with Crippen molar-refractivity contribution in [2.24, 2.45) is 0 Å². The Morgan fingerprint density at radius 2 is 1.83 bits per heavy atom. The summed E-state index contributed by atoms with van der Waals surface area (Å²) in [6.07, 6.45) is 0.0145. The van der Waals surface area contributed by atoms with E-state index in [4.69, 9.17) is 14.7 Å². The monoisotopic (exact) mass is 323 g/mol. The van der Waals surface area contributed by atoms with Gasteiger partial charge in [0.15, 0.2) is 5.78 Å². The van der Waals surface area contributed by atoms with Gasteiger partial charge in [-0.2, -0.15) is 5.26 Å². The summed E-state index contributed by atoms with van der Waals surface area (Å²) in [5.74, 6) is 0.0403. The van der Waals surface area contributed by atoms with Crippen molar-refractivity contribution in [2.75, 3.05) is 7.11 Å². The van der Waals surface area contributed by atoms with Crippen molar-refractivity contribution in [1.82, 2.24) is 0 Å². The fourth-order valence-corrected chi connectivity index (χ4v) is 2.18. The zero-order chi connectivity index (χ0) is 17.5. The van der Waals surface area contributed by atoms with Crippen molar-refractivity contribution in [3.05, 3.63) is 64.7 Å². The van der Waals surface area contributed by atoms with Gasteiger partial charge in [0.1, 0.15) is 12.4 Å². The van der Waals surface area contributed by atoms with E-state index in [1.54, 1.807) is 42.5 Å². The molecule has 2 aromatic carbocycles. The predicted octanol–water partition coefficient (Wildman–Crippen LogP) is 3.06. The van der Waals surface area contributed by atoms with Crippen molar-refractivity contribution in [2.45, 2.75) is 20.0 Å². The van der Waals surface area contributed by atoms with Crippen LogP contribution < -0.4 is 4.74 Å². The van der Waals surface area contributed by atoms with E-state index in [2.05, 4.69) is 0 Å². The Morgan fingerprint density at radius 3 is 2.42 bits per heavy atom. The second kappa shape index (κ2) is 7.93. The molecule has 122 valence electrons. The number of hydrogen-bond donors (Lipinski definition) is 0. The number of ketones is 1. The van der Waals surface area contributed by atoms with Crippen LogP contribution in [0.25, 0.3) is 0 Å². The topological polar surface area (TPSA) is 76.4 Å². The lowest BCUT2D eigenvalue weighted by Gasteiger charge is -2.10. The van der Waals surface area contributed by atoms with E-state index >= 15 is 0 Å². The molecule has 0 aromatic heterocycles. The Morgan fingerprint density at radius 1 is 1.12 bits per heavy atom. The molecular weight excluding hydrogens is 306 g/mol. The van der Waals surface area contributed by atoms with Crippen LogP contribution in [0.15, 0.2) is 42.5 Å². The molecule has 0 atom stereocenters. The Hall–Kier alpha value is -3.13. The lowest BCUT2D eigenvalue weighted by molar-refractivity contribution is -0.144. The van der Waals surface area contributed by atoms with E-state index in [0.29, 0.717) is 22.4 Å². The molecule has 0 bridgehead atoms. The molecule has 0 spiro atoms. The van der Waals surface area contributed by atoms with E-state index in [0.717, 1.165) is 5.56 Å². The predicted molar refractivity (Wildman–Crippen MR) is 87.7 cm³/mol. The highest BCUT2D eigenvalue weighted by Gasteiger charge is 2.12. The first kappa shape index (κ1) is 17.2. The van der Waals surface area contributed by atoms with Gasteiger partial charge in [-0.25, -0.2) is 0 Å². The van der Waals surface area contributed by atoms with E-state index in [1.807, 2.05) is 6.07 Å². The van der Waals surface area contributed by atoms with Crippen LogP contribution in [0, 0.1) is 11.3 Å². The standard InChI is InChI=1S/C19H17NO4/c1-13(21)16-7-8-18(23-2)17(9-16)10-19(22)24-12-15-5-3-14(11-20)4-6-15/h3-9H,10,12H2,1-2H3. The second-order valence-electron chi connectivity index (χ2n) is 5.23. The fraction of sp³-hybridized carbons (Fsp3) is 0.211. The summed E-state index contributed by atoms with van der Waals surface area (Å²) in [4.78, 5) is 23.5. The van der Waals surface area contributed by atoms with Crippen molar-refractivity contribution in [1.29, 1.82) is 5.26 Å². The van der Waals surface area contributed by atoms with Gasteiger partial charge in [-0.15, -0.1) is 0 Å². The molecule has 0 unspecified atom stereocenters. The largest absolute Gasteiger partial charge is 0.496 e. The Labute approximate surface area is 140 Å². The molecule has 2 aromatic rings. The first-order chi connectivity index (χ1) is 11.5. The average molecular weight is 323 g/mol. The van der Waals surface area contributed by atoms with Crippen LogP contribution >= 0.6 is 0 Å². The van der Waals surface area contributed by atoms with E-state index in [9.17, 15) is 9.59 Å². The zero-order valence-corrected chi connectivity index (χ0v) is 13.5. The van der Waals surface area contributed by atoms with Gasteiger partial charge in [-0.1, -0.05) is 12.1 Å². The van der Waals surface area contributed by atoms with Gasteiger partial charge >= 0.3 is 5.97 Å². The highest BCUT2D eigenvalue weighted by Crippen LogP contribution is 2.21. The van der Waals surface area contributed by atoms with Crippen molar-refractivity contribution < 1.29 is 19.1 Å². The molecule has 5 nitrogen and oxygen atoms in total. The second-order valence-corrected chi connectivity index (χ2v) is 5.23. The van der Waals surface area contributed by atoms with E-state index < -0.39 is 5.97 Å². The van der Waals surface area contributed by atoms with Crippen LogP contribution in [0.2, 0.25) is 0 Å².